The van der Waals surface area contributed by atoms with Crippen LogP contribution in [0.4, 0.5) is 18.9 Å². The van der Waals surface area contributed by atoms with E-state index < -0.39 is 41.8 Å². The second-order valence-electron chi connectivity index (χ2n) is 5.66. The molecule has 152 valence electrons. The summed E-state index contributed by atoms with van der Waals surface area (Å²) in [4.78, 5) is 34.4. The van der Waals surface area contributed by atoms with Gasteiger partial charge < -0.3 is 15.8 Å². The predicted molar refractivity (Wildman–Crippen MR) is 100 cm³/mol. The molecule has 0 bridgehead atoms. The summed E-state index contributed by atoms with van der Waals surface area (Å²) in [7, 11) is 0. The number of nitrogens with two attached hydrogens (primary N) is 1. The smallest absolute Gasteiger partial charge is 0.418 e. The van der Waals surface area contributed by atoms with E-state index in [0.29, 0.717) is 17.2 Å². The number of anilines is 1. The summed E-state index contributed by atoms with van der Waals surface area (Å²) in [6.07, 6.45) is -2.33. The number of ether oxygens (including phenoxy) is 1. The number of halogens is 4. The van der Waals surface area contributed by atoms with Crippen molar-refractivity contribution in [3.63, 3.8) is 0 Å². The molecule has 6 nitrogen and oxygen atoms in total. The molecule has 29 heavy (non-hydrogen) atoms. The average Bonchev–Trinajstić information content (AvgIpc) is 2.65. The van der Waals surface area contributed by atoms with E-state index in [4.69, 9.17) is 17.3 Å². The molecular formula is C19H14ClF3N2O4. The maximum atomic E-state index is 13.0. The third kappa shape index (κ3) is 6.65. The molecule has 2 amide bonds. The van der Waals surface area contributed by atoms with Gasteiger partial charge in [0.25, 0.3) is 5.91 Å². The number of carbonyl (C=O) groups excluding carboxylic acids is 3. The standard InChI is InChI=1S/C19H14ClF3N2O4/c20-13-6-7-15(14(9-13)19(21,22)23)25-16(26)10-29-17(27)8-3-11-1-4-12(5-2-11)18(24)28/h1-9H,10H2,(H2,24,28)(H,25,26). The van der Waals surface area contributed by atoms with E-state index in [0.717, 1.165) is 12.1 Å². The summed E-state index contributed by atoms with van der Waals surface area (Å²) in [5.74, 6) is -2.43. The van der Waals surface area contributed by atoms with Gasteiger partial charge in [-0.25, -0.2) is 4.79 Å². The highest BCUT2D eigenvalue weighted by molar-refractivity contribution is 6.30. The fraction of sp³-hybridized carbons (Fsp3) is 0.105. The molecule has 0 atom stereocenters. The number of esters is 1. The molecule has 2 aromatic rings. The molecule has 0 aliphatic carbocycles. The molecule has 2 rings (SSSR count). The van der Waals surface area contributed by atoms with E-state index in [1.807, 2.05) is 5.32 Å². The Bertz CT molecular complexity index is 957. The quantitative estimate of drug-likeness (QED) is 0.544. The first-order valence-corrected chi connectivity index (χ1v) is 8.35. The number of benzene rings is 2. The highest BCUT2D eigenvalue weighted by atomic mass is 35.5. The Kier molecular flexibility index (Phi) is 7.00. The van der Waals surface area contributed by atoms with E-state index >= 15 is 0 Å². The molecule has 10 heteroatoms. The van der Waals surface area contributed by atoms with Gasteiger partial charge in [-0.15, -0.1) is 0 Å². The summed E-state index contributed by atoms with van der Waals surface area (Å²) in [5.41, 5.74) is 4.34. The molecule has 0 spiro atoms. The van der Waals surface area contributed by atoms with Crippen molar-refractivity contribution >= 4 is 41.1 Å². The van der Waals surface area contributed by atoms with Crippen LogP contribution in [0.2, 0.25) is 5.02 Å². The van der Waals surface area contributed by atoms with Crippen molar-refractivity contribution in [2.45, 2.75) is 6.18 Å². The average molecular weight is 427 g/mol. The third-order valence-electron chi connectivity index (χ3n) is 3.51. The van der Waals surface area contributed by atoms with Gasteiger partial charge in [-0.05, 0) is 42.0 Å². The maximum absolute atomic E-state index is 13.0. The molecule has 0 radical (unpaired) electrons. The monoisotopic (exact) mass is 426 g/mol. The Morgan fingerprint density at radius 2 is 1.76 bits per heavy atom. The van der Waals surface area contributed by atoms with Gasteiger partial charge >= 0.3 is 12.1 Å². The van der Waals surface area contributed by atoms with Crippen LogP contribution >= 0.6 is 11.6 Å². The first-order valence-electron chi connectivity index (χ1n) is 7.97. The Labute approximate surface area is 168 Å². The van der Waals surface area contributed by atoms with Gasteiger partial charge in [0.05, 0.1) is 11.3 Å². The minimum absolute atomic E-state index is 0.143. The van der Waals surface area contributed by atoms with E-state index in [2.05, 4.69) is 4.74 Å². The number of carbonyl (C=O) groups is 3. The van der Waals surface area contributed by atoms with Gasteiger partial charge in [-0.3, -0.25) is 9.59 Å². The van der Waals surface area contributed by atoms with Crippen molar-refractivity contribution in [2.24, 2.45) is 5.73 Å². The van der Waals surface area contributed by atoms with Crippen molar-refractivity contribution in [1.29, 1.82) is 0 Å². The third-order valence-corrected chi connectivity index (χ3v) is 3.75. The van der Waals surface area contributed by atoms with Gasteiger partial charge in [0.2, 0.25) is 5.91 Å². The van der Waals surface area contributed by atoms with Crippen LogP contribution in [0, 0.1) is 0 Å². The zero-order valence-corrected chi connectivity index (χ0v) is 15.4. The highest BCUT2D eigenvalue weighted by Crippen LogP contribution is 2.36. The largest absolute Gasteiger partial charge is 0.452 e. The minimum atomic E-state index is -4.73. The summed E-state index contributed by atoms with van der Waals surface area (Å²) in [5, 5.41) is 1.88. The molecular weight excluding hydrogens is 413 g/mol. The summed E-state index contributed by atoms with van der Waals surface area (Å²) in [6, 6.07) is 8.86. The van der Waals surface area contributed by atoms with Gasteiger partial charge in [0.15, 0.2) is 6.61 Å². The molecule has 0 unspecified atom stereocenters. The molecule has 0 saturated heterocycles. The molecule has 2 aromatic carbocycles. The zero-order chi connectivity index (χ0) is 21.6. The first kappa shape index (κ1) is 22.0. The molecule has 0 heterocycles. The lowest BCUT2D eigenvalue weighted by atomic mass is 10.1. The van der Waals surface area contributed by atoms with Crippen molar-refractivity contribution in [1.82, 2.24) is 0 Å². The Hall–Kier alpha value is -3.33. The van der Waals surface area contributed by atoms with Crippen LogP contribution in [-0.2, 0) is 20.5 Å². The van der Waals surface area contributed by atoms with Crippen LogP contribution in [0.5, 0.6) is 0 Å². The number of amides is 2. The molecule has 0 aromatic heterocycles. The van der Waals surface area contributed by atoms with E-state index in [1.165, 1.54) is 36.4 Å². The van der Waals surface area contributed by atoms with Gasteiger partial charge in [-0.1, -0.05) is 23.7 Å². The second-order valence-corrected chi connectivity index (χ2v) is 6.10. The Morgan fingerprint density at radius 3 is 2.34 bits per heavy atom. The molecule has 0 saturated carbocycles. The Balaban J connectivity index is 1.92. The fourth-order valence-corrected chi connectivity index (χ4v) is 2.33. The predicted octanol–water partition coefficient (Wildman–Crippen LogP) is 3.65. The number of nitrogens with one attached hydrogen (secondary N) is 1. The van der Waals surface area contributed by atoms with E-state index in [1.54, 1.807) is 0 Å². The number of rotatable bonds is 6. The zero-order valence-electron chi connectivity index (χ0n) is 14.6. The molecule has 0 aliphatic heterocycles. The van der Waals surface area contributed by atoms with E-state index in [9.17, 15) is 27.6 Å². The van der Waals surface area contributed by atoms with Crippen LogP contribution in [0.1, 0.15) is 21.5 Å². The van der Waals surface area contributed by atoms with Crippen molar-refractivity contribution in [2.75, 3.05) is 11.9 Å². The number of alkyl halides is 3. The molecule has 3 N–H and O–H groups in total. The topological polar surface area (TPSA) is 98.5 Å². The fourth-order valence-electron chi connectivity index (χ4n) is 2.15. The molecule has 0 fully saturated rings. The number of hydrogen-bond donors (Lipinski definition) is 2. The second kappa shape index (κ2) is 9.24. The van der Waals surface area contributed by atoms with E-state index in [-0.39, 0.29) is 5.02 Å². The van der Waals surface area contributed by atoms with Gasteiger partial charge in [-0.2, -0.15) is 13.2 Å². The Morgan fingerprint density at radius 1 is 1.10 bits per heavy atom. The van der Waals surface area contributed by atoms with Crippen LogP contribution in [0.25, 0.3) is 6.08 Å². The number of primary amides is 1. The van der Waals surface area contributed by atoms with Crippen LogP contribution in [0.3, 0.4) is 0 Å². The van der Waals surface area contributed by atoms with Crippen molar-refractivity contribution < 1.29 is 32.3 Å². The minimum Gasteiger partial charge on any atom is -0.452 e. The van der Waals surface area contributed by atoms with Crippen LogP contribution in [0.15, 0.2) is 48.5 Å². The first-order chi connectivity index (χ1) is 13.6. The maximum Gasteiger partial charge on any atom is 0.418 e. The van der Waals surface area contributed by atoms with Crippen molar-refractivity contribution in [3.8, 4) is 0 Å². The normalized spacial score (nSPS) is 11.3. The lowest BCUT2D eigenvalue weighted by molar-refractivity contribution is -0.142. The highest BCUT2D eigenvalue weighted by Gasteiger charge is 2.34. The lowest BCUT2D eigenvalue weighted by Gasteiger charge is -2.14. The molecule has 0 aliphatic rings. The lowest BCUT2D eigenvalue weighted by Crippen LogP contribution is -2.22. The van der Waals surface area contributed by atoms with Gasteiger partial charge in [0, 0.05) is 16.7 Å². The summed E-state index contributed by atoms with van der Waals surface area (Å²) >= 11 is 5.56. The SMILES string of the molecule is NC(=O)c1ccc(C=CC(=O)OCC(=O)Nc2ccc(Cl)cc2C(F)(F)F)cc1. The summed E-state index contributed by atoms with van der Waals surface area (Å²) in [6.45, 7) is -0.788. The summed E-state index contributed by atoms with van der Waals surface area (Å²) < 4.78 is 43.7. The number of hydrogen-bond acceptors (Lipinski definition) is 4. The van der Waals surface area contributed by atoms with Crippen molar-refractivity contribution in [3.05, 3.63) is 70.3 Å². The van der Waals surface area contributed by atoms with Crippen LogP contribution in [-0.4, -0.2) is 24.4 Å². The van der Waals surface area contributed by atoms with Crippen LogP contribution < -0.4 is 11.1 Å². The van der Waals surface area contributed by atoms with Gasteiger partial charge in [0.1, 0.15) is 0 Å².